The number of likely N-dealkylation sites (tertiary alicyclic amines) is 1. The molecule has 1 aromatic heterocycles. The van der Waals surface area contributed by atoms with Crippen LogP contribution in [0.1, 0.15) is 60.1 Å². The zero-order chi connectivity index (χ0) is 22.2. The highest BCUT2D eigenvalue weighted by atomic mass is 16.2. The van der Waals surface area contributed by atoms with E-state index in [1.165, 1.54) is 4.90 Å². The van der Waals surface area contributed by atoms with Crippen molar-refractivity contribution in [2.24, 2.45) is 0 Å². The molecule has 1 atom stereocenters. The quantitative estimate of drug-likeness (QED) is 0.713. The van der Waals surface area contributed by atoms with Crippen molar-refractivity contribution in [1.82, 2.24) is 30.1 Å². The lowest BCUT2D eigenvalue weighted by Crippen LogP contribution is -2.52. The highest BCUT2D eigenvalue weighted by Gasteiger charge is 2.40. The first-order valence-corrected chi connectivity index (χ1v) is 11.0. The Morgan fingerprint density at radius 2 is 1.94 bits per heavy atom. The molecule has 1 N–H and O–H groups in total. The van der Waals surface area contributed by atoms with Crippen LogP contribution in [0.2, 0.25) is 0 Å². The average molecular weight is 436 g/mol. The third-order valence-electron chi connectivity index (χ3n) is 6.37. The van der Waals surface area contributed by atoms with Crippen LogP contribution in [0, 0.1) is 0 Å². The van der Waals surface area contributed by atoms with Crippen LogP contribution in [0.3, 0.4) is 0 Å². The maximum Gasteiger partial charge on any atom is 0.255 e. The summed E-state index contributed by atoms with van der Waals surface area (Å²) in [6.07, 6.45) is 5.86. The Labute approximate surface area is 184 Å². The number of carbonyl (C=O) groups is 4. The van der Waals surface area contributed by atoms with Crippen LogP contribution in [0.25, 0.3) is 5.69 Å². The molecule has 4 heterocycles. The van der Waals surface area contributed by atoms with Gasteiger partial charge in [0, 0.05) is 37.1 Å². The number of hydrogen-bond acceptors (Lipinski definition) is 6. The zero-order valence-corrected chi connectivity index (χ0v) is 17.6. The number of piperidine rings is 1. The molecule has 4 amide bonds. The van der Waals surface area contributed by atoms with E-state index in [-0.39, 0.29) is 30.7 Å². The van der Waals surface area contributed by atoms with E-state index in [1.807, 2.05) is 11.0 Å². The summed E-state index contributed by atoms with van der Waals surface area (Å²) in [6.45, 7) is 1.40. The number of fused-ring (bicyclic) bond motifs is 1. The van der Waals surface area contributed by atoms with Crippen LogP contribution in [0.15, 0.2) is 24.4 Å². The van der Waals surface area contributed by atoms with Gasteiger partial charge in [0.2, 0.25) is 17.7 Å². The highest BCUT2D eigenvalue weighted by molar-refractivity contribution is 6.05. The third kappa shape index (κ3) is 3.65. The second kappa shape index (κ2) is 8.18. The van der Waals surface area contributed by atoms with E-state index in [2.05, 4.69) is 15.6 Å². The Bertz CT molecular complexity index is 1110. The number of rotatable bonds is 4. The van der Waals surface area contributed by atoms with Gasteiger partial charge in [0.1, 0.15) is 11.7 Å². The molecule has 0 radical (unpaired) electrons. The standard InChI is InChI=1S/C22H24N6O4/c29-19-9-8-18(21(31)23-19)27-13-16-15(22(27)32)5-4-6-17(16)28-12-14(24-25-28)11-26-10-3-1-2-7-20(26)30/h4-6,12,18H,1-3,7-11,13H2,(H,23,29,31). The lowest BCUT2D eigenvalue weighted by molar-refractivity contribution is -0.137. The Morgan fingerprint density at radius 1 is 1.06 bits per heavy atom. The molecule has 2 aromatic rings. The van der Waals surface area contributed by atoms with Crippen molar-refractivity contribution in [3.05, 3.63) is 41.2 Å². The fourth-order valence-electron chi connectivity index (χ4n) is 4.67. The van der Waals surface area contributed by atoms with E-state index < -0.39 is 11.9 Å². The van der Waals surface area contributed by atoms with E-state index in [9.17, 15) is 19.2 Å². The molecule has 10 heteroatoms. The Hall–Kier alpha value is -3.56. The molecule has 32 heavy (non-hydrogen) atoms. The van der Waals surface area contributed by atoms with Crippen LogP contribution in [-0.2, 0) is 27.5 Å². The summed E-state index contributed by atoms with van der Waals surface area (Å²) in [6, 6.07) is 4.71. The van der Waals surface area contributed by atoms with Gasteiger partial charge in [-0.25, -0.2) is 4.68 Å². The SMILES string of the molecule is O=C1CCC(N2Cc3c(cccc3-n3cc(CN4CCCCCC4=O)nn3)C2=O)C(=O)N1. The summed E-state index contributed by atoms with van der Waals surface area (Å²) in [5, 5.41) is 10.8. The maximum atomic E-state index is 13.0. The van der Waals surface area contributed by atoms with Crippen LogP contribution in [-0.4, -0.2) is 61.0 Å². The third-order valence-corrected chi connectivity index (χ3v) is 6.37. The maximum absolute atomic E-state index is 13.0. The number of benzene rings is 1. The summed E-state index contributed by atoms with van der Waals surface area (Å²) in [4.78, 5) is 52.4. The van der Waals surface area contributed by atoms with Crippen molar-refractivity contribution in [2.75, 3.05) is 6.54 Å². The molecule has 0 aliphatic carbocycles. The largest absolute Gasteiger partial charge is 0.337 e. The van der Waals surface area contributed by atoms with Crippen LogP contribution >= 0.6 is 0 Å². The van der Waals surface area contributed by atoms with Crippen molar-refractivity contribution in [3.63, 3.8) is 0 Å². The van der Waals surface area contributed by atoms with Crippen molar-refractivity contribution in [3.8, 4) is 5.69 Å². The minimum absolute atomic E-state index is 0.142. The molecule has 2 saturated heterocycles. The Morgan fingerprint density at radius 3 is 2.78 bits per heavy atom. The molecule has 0 saturated carbocycles. The number of aromatic nitrogens is 3. The number of carbonyl (C=O) groups excluding carboxylic acids is 4. The molecular formula is C22H24N6O4. The van der Waals surface area contributed by atoms with Gasteiger partial charge in [0.15, 0.2) is 0 Å². The average Bonchev–Trinajstić information content (AvgIpc) is 3.31. The lowest BCUT2D eigenvalue weighted by Gasteiger charge is -2.29. The molecular weight excluding hydrogens is 412 g/mol. The van der Waals surface area contributed by atoms with Gasteiger partial charge >= 0.3 is 0 Å². The minimum Gasteiger partial charge on any atom is -0.337 e. The second-order valence-electron chi connectivity index (χ2n) is 8.48. The molecule has 3 aliphatic rings. The molecule has 1 aromatic carbocycles. The molecule has 10 nitrogen and oxygen atoms in total. The first kappa shape index (κ1) is 20.3. The van der Waals surface area contributed by atoms with Gasteiger partial charge in [0.05, 0.1) is 18.4 Å². The second-order valence-corrected chi connectivity index (χ2v) is 8.48. The van der Waals surface area contributed by atoms with Crippen molar-refractivity contribution >= 4 is 23.6 Å². The van der Waals surface area contributed by atoms with Gasteiger partial charge in [0.25, 0.3) is 5.91 Å². The monoisotopic (exact) mass is 436 g/mol. The van der Waals surface area contributed by atoms with Gasteiger partial charge < -0.3 is 9.80 Å². The minimum atomic E-state index is -0.666. The number of nitrogens with zero attached hydrogens (tertiary/aromatic N) is 5. The smallest absolute Gasteiger partial charge is 0.255 e. The predicted molar refractivity (Wildman–Crippen MR) is 111 cm³/mol. The van der Waals surface area contributed by atoms with Crippen LogP contribution < -0.4 is 5.32 Å². The van der Waals surface area contributed by atoms with Crippen molar-refractivity contribution in [1.29, 1.82) is 0 Å². The summed E-state index contributed by atoms with van der Waals surface area (Å²) >= 11 is 0. The van der Waals surface area contributed by atoms with E-state index in [4.69, 9.17) is 0 Å². The topological polar surface area (TPSA) is 118 Å². The summed E-state index contributed by atoms with van der Waals surface area (Å²) in [5.41, 5.74) is 2.69. The number of hydrogen-bond donors (Lipinski definition) is 1. The fourth-order valence-corrected chi connectivity index (χ4v) is 4.67. The predicted octanol–water partition coefficient (Wildman–Crippen LogP) is 0.931. The van der Waals surface area contributed by atoms with Crippen LogP contribution in [0.5, 0.6) is 0 Å². The molecule has 166 valence electrons. The number of nitrogens with one attached hydrogen (secondary N) is 1. The van der Waals surface area contributed by atoms with Crippen LogP contribution in [0.4, 0.5) is 0 Å². The fraction of sp³-hybridized carbons (Fsp3) is 0.455. The Balaban J connectivity index is 1.38. The van der Waals surface area contributed by atoms with Gasteiger partial charge in [-0.05, 0) is 31.4 Å². The first-order valence-electron chi connectivity index (χ1n) is 11.0. The molecule has 5 rings (SSSR count). The normalized spacial score (nSPS) is 21.6. The highest BCUT2D eigenvalue weighted by Crippen LogP contribution is 2.31. The van der Waals surface area contributed by atoms with E-state index >= 15 is 0 Å². The summed E-state index contributed by atoms with van der Waals surface area (Å²) < 4.78 is 1.62. The number of imide groups is 1. The van der Waals surface area contributed by atoms with Crippen molar-refractivity contribution < 1.29 is 19.2 Å². The Kier molecular flexibility index (Phi) is 5.20. The van der Waals surface area contributed by atoms with E-state index in [0.717, 1.165) is 31.4 Å². The van der Waals surface area contributed by atoms with Gasteiger partial charge in [-0.15, -0.1) is 5.10 Å². The number of amides is 4. The summed E-state index contributed by atoms with van der Waals surface area (Å²) in [7, 11) is 0. The van der Waals surface area contributed by atoms with Gasteiger partial charge in [-0.2, -0.15) is 0 Å². The summed E-state index contributed by atoms with van der Waals surface area (Å²) in [5.74, 6) is -0.835. The zero-order valence-electron chi connectivity index (χ0n) is 17.6. The molecule has 3 aliphatic heterocycles. The van der Waals surface area contributed by atoms with Crippen molar-refractivity contribution in [2.45, 2.75) is 57.7 Å². The lowest BCUT2D eigenvalue weighted by atomic mass is 10.0. The molecule has 1 unspecified atom stereocenters. The van der Waals surface area contributed by atoms with Gasteiger partial charge in [-0.3, -0.25) is 24.5 Å². The van der Waals surface area contributed by atoms with E-state index in [0.29, 0.717) is 36.3 Å². The van der Waals surface area contributed by atoms with Gasteiger partial charge in [-0.1, -0.05) is 17.7 Å². The first-order chi connectivity index (χ1) is 15.5. The molecule has 0 bridgehead atoms. The van der Waals surface area contributed by atoms with E-state index in [1.54, 1.807) is 23.0 Å². The molecule has 2 fully saturated rings. The molecule has 0 spiro atoms.